The normalized spacial score (nSPS) is 20.6. The SMILES string of the molecule is CCc1cc(O)c2c3ccc(cc13)COc1cc(ccc1OC)CCC(=O)C[C@H](C[C@@H]1C=C(O)C=C[C@H]1CCCCc1cccc(NC[C@H](C)O)c1)OC#CC21CCCC1. The van der Waals surface area contributed by atoms with Crippen LogP contribution >= 0.6 is 0 Å². The second-order valence-corrected chi connectivity index (χ2v) is 17.1. The number of benzene rings is 4. The summed E-state index contributed by atoms with van der Waals surface area (Å²) in [5.74, 6) is 5.53. The largest absolute Gasteiger partial charge is 0.508 e. The summed E-state index contributed by atoms with van der Waals surface area (Å²) in [4.78, 5) is 13.8. The van der Waals surface area contributed by atoms with Gasteiger partial charge in [-0.05, 0) is 158 Å². The van der Waals surface area contributed by atoms with Crippen LogP contribution in [-0.2, 0) is 40.8 Å². The van der Waals surface area contributed by atoms with Crippen molar-refractivity contribution in [2.45, 2.75) is 122 Å². The molecular weight excluding hydrogens is 751 g/mol. The summed E-state index contributed by atoms with van der Waals surface area (Å²) in [7, 11) is 1.63. The van der Waals surface area contributed by atoms with Gasteiger partial charge in [-0.2, -0.15) is 0 Å². The van der Waals surface area contributed by atoms with Gasteiger partial charge in [0.1, 0.15) is 36.1 Å². The topological polar surface area (TPSA) is 117 Å². The molecule has 60 heavy (non-hydrogen) atoms. The smallest absolute Gasteiger partial charge is 0.161 e. The quantitative estimate of drug-likeness (QED) is 0.0825. The number of aryl methyl sites for hydroxylation is 3. The third-order valence-corrected chi connectivity index (χ3v) is 12.6. The van der Waals surface area contributed by atoms with Gasteiger partial charge in [-0.25, -0.2) is 0 Å². The summed E-state index contributed by atoms with van der Waals surface area (Å²) in [6, 6.07) is 22.5. The van der Waals surface area contributed by atoms with E-state index in [4.69, 9.17) is 14.2 Å². The predicted molar refractivity (Wildman–Crippen MR) is 239 cm³/mol. The van der Waals surface area contributed by atoms with E-state index in [9.17, 15) is 20.1 Å². The third kappa shape index (κ3) is 10.5. The van der Waals surface area contributed by atoms with Gasteiger partial charge >= 0.3 is 0 Å². The Morgan fingerprint density at radius 3 is 2.60 bits per heavy atom. The van der Waals surface area contributed by atoms with Crippen molar-refractivity contribution in [2.24, 2.45) is 11.8 Å². The number of nitrogens with one attached hydrogen (secondary N) is 1. The van der Waals surface area contributed by atoms with Crippen LogP contribution in [0.3, 0.4) is 0 Å². The van der Waals surface area contributed by atoms with Crippen LogP contribution in [0.1, 0.15) is 106 Å². The molecule has 1 fully saturated rings. The Balaban J connectivity index is 1.15. The van der Waals surface area contributed by atoms with Crippen LogP contribution in [0.15, 0.2) is 90.7 Å². The fourth-order valence-corrected chi connectivity index (χ4v) is 9.43. The molecule has 2 aliphatic heterocycles. The van der Waals surface area contributed by atoms with E-state index in [1.807, 2.05) is 36.4 Å². The molecule has 2 aliphatic carbocycles. The maximum atomic E-state index is 13.8. The summed E-state index contributed by atoms with van der Waals surface area (Å²) in [5.41, 5.74) is 5.58. The number of aromatic hydroxyl groups is 1. The van der Waals surface area contributed by atoms with E-state index < -0.39 is 17.6 Å². The molecule has 4 aromatic carbocycles. The number of ketones is 1. The first kappa shape index (κ1) is 42.7. The van der Waals surface area contributed by atoms with Crippen LogP contribution in [0.5, 0.6) is 17.2 Å². The maximum Gasteiger partial charge on any atom is 0.161 e. The lowest BCUT2D eigenvalue weighted by Crippen LogP contribution is -2.25. The van der Waals surface area contributed by atoms with Crippen molar-refractivity contribution >= 4 is 22.2 Å². The number of methoxy groups -OCH3 is 1. The van der Waals surface area contributed by atoms with Crippen LogP contribution in [0.4, 0.5) is 5.69 Å². The zero-order valence-corrected chi connectivity index (χ0v) is 35.5. The van der Waals surface area contributed by atoms with Crippen LogP contribution in [-0.4, -0.2) is 47.0 Å². The molecule has 4 atom stereocenters. The van der Waals surface area contributed by atoms with Crippen molar-refractivity contribution in [3.05, 3.63) is 119 Å². The van der Waals surface area contributed by atoms with Crippen molar-refractivity contribution in [1.82, 2.24) is 0 Å². The lowest BCUT2D eigenvalue weighted by Gasteiger charge is -2.29. The monoisotopic (exact) mass is 811 g/mol. The first-order chi connectivity index (χ1) is 29.1. The summed E-state index contributed by atoms with van der Waals surface area (Å²) < 4.78 is 18.6. The number of anilines is 1. The van der Waals surface area contributed by atoms with Crippen molar-refractivity contribution in [1.29, 1.82) is 0 Å². The van der Waals surface area contributed by atoms with Gasteiger partial charge in [-0.15, -0.1) is 0 Å². The standard InChI is InChI=1S/C52H61NO7/c1-4-39-31-48(57)51-46-20-15-38(27-47(39)46)34-60-50-28-37(16-21-49(50)58-3)14-18-44(56)32-45(59-25-24-52(51)22-7-8-23-52)30-41-29-43(55)19-17-40(41)12-6-5-10-36-11-9-13-42(26-36)53-33-35(2)54/h9,11,13,15-17,19-21,26-29,31,35,40-41,45,53-55,57H,4-8,10,12,14,18,22-23,30,32-34H2,1-3H3/t35-,40+,41-,45-/m0/s1. The molecule has 8 rings (SSSR count). The maximum absolute atomic E-state index is 13.8. The minimum atomic E-state index is -0.599. The van der Waals surface area contributed by atoms with Gasteiger partial charge in [-0.3, -0.25) is 4.79 Å². The van der Waals surface area contributed by atoms with Gasteiger partial charge in [0.25, 0.3) is 0 Å². The molecule has 4 aromatic rings. The number of hydrogen-bond acceptors (Lipinski definition) is 8. The van der Waals surface area contributed by atoms with Gasteiger partial charge in [0.15, 0.2) is 11.5 Å². The number of rotatable bonds is 12. The van der Waals surface area contributed by atoms with Gasteiger partial charge in [-0.1, -0.05) is 62.6 Å². The molecule has 0 aromatic heterocycles. The van der Waals surface area contributed by atoms with Gasteiger partial charge in [0.05, 0.1) is 18.6 Å². The summed E-state index contributed by atoms with van der Waals surface area (Å²) >= 11 is 0. The van der Waals surface area contributed by atoms with Crippen LogP contribution < -0.4 is 14.8 Å². The lowest BCUT2D eigenvalue weighted by atomic mass is 9.76. The number of Topliss-reactive ketones (excluding diaryl/α,β-unsaturated/α-hetero) is 1. The molecule has 0 radical (unpaired) electrons. The zero-order valence-electron chi connectivity index (χ0n) is 35.5. The molecule has 8 nitrogen and oxygen atoms in total. The number of ether oxygens (including phenoxy) is 3. The fraction of sp³-hybridized carbons (Fsp3) is 0.442. The molecule has 4 N–H and O–H groups in total. The van der Waals surface area contributed by atoms with E-state index >= 15 is 0 Å². The zero-order chi connectivity index (χ0) is 42.1. The summed E-state index contributed by atoms with van der Waals surface area (Å²) in [5, 5.41) is 37.5. The molecule has 6 bridgehead atoms. The van der Waals surface area contributed by atoms with Crippen LogP contribution in [0.2, 0.25) is 0 Å². The highest BCUT2D eigenvalue weighted by molar-refractivity contribution is 5.93. The number of carbonyl (C=O) groups is 1. The molecule has 1 saturated carbocycles. The molecule has 4 aliphatic rings. The molecular formula is C52H61NO7. The lowest BCUT2D eigenvalue weighted by molar-refractivity contribution is -0.121. The third-order valence-electron chi connectivity index (χ3n) is 12.6. The number of phenolic OH excluding ortho intramolecular Hbond substituents is 1. The average Bonchev–Trinajstić information content (AvgIpc) is 3.72. The first-order valence-electron chi connectivity index (χ1n) is 22.0. The van der Waals surface area contributed by atoms with Crippen LogP contribution in [0.25, 0.3) is 10.8 Å². The number of aliphatic hydroxyl groups excluding tert-OH is 2. The Kier molecular flexibility index (Phi) is 14.1. The molecule has 0 amide bonds. The number of unbranched alkanes of at least 4 members (excludes halogenated alkanes) is 1. The highest BCUT2D eigenvalue weighted by atomic mass is 16.5. The van der Waals surface area contributed by atoms with Gasteiger partial charge in [0.2, 0.25) is 0 Å². The van der Waals surface area contributed by atoms with Crippen LogP contribution in [0, 0.1) is 23.9 Å². The predicted octanol–water partition coefficient (Wildman–Crippen LogP) is 10.6. The number of hydrogen-bond donors (Lipinski definition) is 4. The molecule has 8 heteroatoms. The Labute approximate surface area is 355 Å². The Hall–Kier alpha value is -5.39. The van der Waals surface area contributed by atoms with Crippen molar-refractivity contribution < 1.29 is 34.3 Å². The van der Waals surface area contributed by atoms with Crippen molar-refractivity contribution in [3.8, 4) is 29.3 Å². The van der Waals surface area contributed by atoms with Gasteiger partial charge in [0, 0.05) is 30.6 Å². The Bertz CT molecular complexity index is 2260. The molecule has 2 heterocycles. The second-order valence-electron chi connectivity index (χ2n) is 17.1. The van der Waals surface area contributed by atoms with E-state index in [0.717, 1.165) is 96.5 Å². The van der Waals surface area contributed by atoms with E-state index in [-0.39, 0.29) is 35.5 Å². The minimum absolute atomic E-state index is 0.0327. The highest BCUT2D eigenvalue weighted by Crippen LogP contribution is 2.48. The van der Waals surface area contributed by atoms with Crippen molar-refractivity contribution in [2.75, 3.05) is 19.0 Å². The first-order valence-corrected chi connectivity index (χ1v) is 22.0. The minimum Gasteiger partial charge on any atom is -0.508 e. The number of allylic oxidation sites excluding steroid dienone is 3. The van der Waals surface area contributed by atoms with E-state index in [2.05, 4.69) is 66.7 Å². The number of fused-ring (bicyclic) bond motifs is 8. The molecule has 316 valence electrons. The summed E-state index contributed by atoms with van der Waals surface area (Å²) in [6.45, 7) is 4.73. The van der Waals surface area contributed by atoms with E-state index in [0.29, 0.717) is 43.9 Å². The molecule has 0 unspecified atom stereocenters. The molecule has 0 saturated heterocycles. The van der Waals surface area contributed by atoms with Crippen molar-refractivity contribution in [3.63, 3.8) is 0 Å². The summed E-state index contributed by atoms with van der Waals surface area (Å²) in [6.07, 6.45) is 17.9. The number of aliphatic hydroxyl groups is 2. The number of carbonyl (C=O) groups excluding carboxylic acids is 1. The Morgan fingerprint density at radius 2 is 1.80 bits per heavy atom. The highest BCUT2D eigenvalue weighted by Gasteiger charge is 2.38. The number of phenols is 1. The van der Waals surface area contributed by atoms with Gasteiger partial charge < -0.3 is 34.8 Å². The Morgan fingerprint density at radius 1 is 0.967 bits per heavy atom. The fourth-order valence-electron chi connectivity index (χ4n) is 9.43. The van der Waals surface area contributed by atoms with E-state index in [1.54, 1.807) is 20.1 Å². The second kappa shape index (κ2) is 19.8. The molecule has 1 spiro atoms. The average molecular weight is 812 g/mol. The van der Waals surface area contributed by atoms with E-state index in [1.165, 1.54) is 5.56 Å².